The summed E-state index contributed by atoms with van der Waals surface area (Å²) in [6, 6.07) is 2.58. The zero-order valence-corrected chi connectivity index (χ0v) is 12.2. The second kappa shape index (κ2) is 5.92. The Morgan fingerprint density at radius 3 is 2.53 bits per heavy atom. The first kappa shape index (κ1) is 14.3. The summed E-state index contributed by atoms with van der Waals surface area (Å²) in [7, 11) is 0. The van der Waals surface area contributed by atoms with E-state index in [1.165, 1.54) is 18.6 Å². The van der Waals surface area contributed by atoms with Gasteiger partial charge < -0.3 is 15.9 Å². The lowest BCUT2D eigenvalue weighted by Crippen LogP contribution is -2.24. The number of aromatic carboxylic acids is 1. The molecule has 0 unspecified atom stereocenters. The van der Waals surface area contributed by atoms with Crippen molar-refractivity contribution >= 4 is 21.9 Å². The van der Waals surface area contributed by atoms with E-state index in [2.05, 4.69) is 15.9 Å². The van der Waals surface area contributed by atoms with Crippen LogP contribution in [0.3, 0.4) is 0 Å². The number of aromatic hydroxyl groups is 1. The summed E-state index contributed by atoms with van der Waals surface area (Å²) in [5, 5.41) is 19.2. The quantitative estimate of drug-likeness (QED) is 0.794. The summed E-state index contributed by atoms with van der Waals surface area (Å²) >= 11 is 3.19. The van der Waals surface area contributed by atoms with Gasteiger partial charge in [0.05, 0.1) is 10.0 Å². The molecule has 19 heavy (non-hydrogen) atoms. The van der Waals surface area contributed by atoms with Gasteiger partial charge in [0.2, 0.25) is 0 Å². The Kier molecular flexibility index (Phi) is 4.47. The largest absolute Gasteiger partial charge is 0.506 e. The standard InChI is InChI=1S/C14H18BrNO3/c15-11-7-9(14(18)19)6-10(13(11)17)12(16)8-4-2-1-3-5-8/h6-8,12,17H,1-5,16H2,(H,18,19)/t12-/m1/s1. The first-order chi connectivity index (χ1) is 9.00. The lowest BCUT2D eigenvalue weighted by Gasteiger charge is -2.28. The number of halogens is 1. The molecule has 1 aromatic rings. The lowest BCUT2D eigenvalue weighted by atomic mass is 9.81. The Morgan fingerprint density at radius 1 is 1.32 bits per heavy atom. The number of carbonyl (C=O) groups is 1. The van der Waals surface area contributed by atoms with E-state index in [4.69, 9.17) is 10.8 Å². The highest BCUT2D eigenvalue weighted by atomic mass is 79.9. The lowest BCUT2D eigenvalue weighted by molar-refractivity contribution is 0.0696. The van der Waals surface area contributed by atoms with E-state index in [0.717, 1.165) is 25.7 Å². The van der Waals surface area contributed by atoms with Crippen molar-refractivity contribution in [2.45, 2.75) is 38.1 Å². The predicted molar refractivity (Wildman–Crippen MR) is 76.3 cm³/mol. The SMILES string of the molecule is N[C@@H](c1cc(C(=O)O)cc(Br)c1O)C1CCCCC1. The van der Waals surface area contributed by atoms with Gasteiger partial charge in [-0.15, -0.1) is 0 Å². The number of carboxylic acid groups (broad SMARTS) is 1. The van der Waals surface area contributed by atoms with Crippen molar-refractivity contribution in [1.29, 1.82) is 0 Å². The van der Waals surface area contributed by atoms with E-state index in [1.54, 1.807) is 0 Å². The molecule has 4 N–H and O–H groups in total. The maximum atomic E-state index is 11.1. The fourth-order valence-corrected chi connectivity index (χ4v) is 3.22. The zero-order chi connectivity index (χ0) is 14.0. The number of phenolic OH excluding ortho intramolecular Hbond substituents is 1. The summed E-state index contributed by atoms with van der Waals surface area (Å²) in [6.45, 7) is 0. The highest BCUT2D eigenvalue weighted by Crippen LogP contribution is 2.39. The molecule has 1 saturated carbocycles. The number of benzene rings is 1. The number of carboxylic acids is 1. The summed E-state index contributed by atoms with van der Waals surface area (Å²) < 4.78 is 0.383. The molecule has 1 aromatic carbocycles. The molecule has 1 atom stereocenters. The molecule has 5 heteroatoms. The number of hydrogen-bond acceptors (Lipinski definition) is 3. The van der Waals surface area contributed by atoms with Crippen LogP contribution in [0.15, 0.2) is 16.6 Å². The van der Waals surface area contributed by atoms with Crippen molar-refractivity contribution in [3.63, 3.8) is 0 Å². The van der Waals surface area contributed by atoms with Crippen LogP contribution < -0.4 is 5.73 Å². The molecule has 2 rings (SSSR count). The molecule has 0 aliphatic heterocycles. The van der Waals surface area contributed by atoms with Gasteiger partial charge in [-0.3, -0.25) is 0 Å². The Hall–Kier alpha value is -1.07. The average Bonchev–Trinajstić information content (AvgIpc) is 2.41. The second-order valence-corrected chi connectivity index (χ2v) is 5.98. The second-order valence-electron chi connectivity index (χ2n) is 5.12. The normalized spacial score (nSPS) is 18.2. The van der Waals surface area contributed by atoms with Gasteiger partial charge in [-0.1, -0.05) is 19.3 Å². The first-order valence-electron chi connectivity index (χ1n) is 6.52. The molecule has 104 valence electrons. The Bertz CT molecular complexity index is 484. The van der Waals surface area contributed by atoms with Crippen molar-refractivity contribution in [1.82, 2.24) is 0 Å². The average molecular weight is 328 g/mol. The van der Waals surface area contributed by atoms with Gasteiger partial charge in [-0.25, -0.2) is 4.79 Å². The van der Waals surface area contributed by atoms with Crippen LogP contribution in [0, 0.1) is 5.92 Å². The summed E-state index contributed by atoms with van der Waals surface area (Å²) in [6.07, 6.45) is 5.61. The molecule has 0 radical (unpaired) electrons. The Balaban J connectivity index is 2.34. The molecule has 4 nitrogen and oxygen atoms in total. The maximum absolute atomic E-state index is 11.1. The molecule has 1 fully saturated rings. The maximum Gasteiger partial charge on any atom is 0.335 e. The van der Waals surface area contributed by atoms with Crippen LogP contribution in [0.25, 0.3) is 0 Å². The monoisotopic (exact) mass is 327 g/mol. The molecule has 0 saturated heterocycles. The molecular weight excluding hydrogens is 310 g/mol. The summed E-state index contributed by atoms with van der Waals surface area (Å²) in [5.74, 6) is -0.642. The zero-order valence-electron chi connectivity index (χ0n) is 10.6. The van der Waals surface area contributed by atoms with Crippen LogP contribution in [0.2, 0.25) is 0 Å². The van der Waals surface area contributed by atoms with Crippen molar-refractivity contribution in [3.05, 3.63) is 27.7 Å². The topological polar surface area (TPSA) is 83.6 Å². The Morgan fingerprint density at radius 2 is 1.95 bits per heavy atom. The van der Waals surface area contributed by atoms with E-state index in [1.807, 2.05) is 0 Å². The summed E-state index contributed by atoms with van der Waals surface area (Å²) in [4.78, 5) is 11.1. The third kappa shape index (κ3) is 3.09. The van der Waals surface area contributed by atoms with Crippen LogP contribution in [0.1, 0.15) is 54.1 Å². The van der Waals surface area contributed by atoms with Gasteiger partial charge in [-0.2, -0.15) is 0 Å². The molecule has 1 aliphatic rings. The molecule has 0 aromatic heterocycles. The highest BCUT2D eigenvalue weighted by molar-refractivity contribution is 9.10. The van der Waals surface area contributed by atoms with E-state index in [0.29, 0.717) is 16.0 Å². The van der Waals surface area contributed by atoms with E-state index in [9.17, 15) is 9.90 Å². The van der Waals surface area contributed by atoms with Crippen LogP contribution in [-0.2, 0) is 0 Å². The number of hydrogen-bond donors (Lipinski definition) is 3. The van der Waals surface area contributed by atoms with Gasteiger partial charge in [-0.05, 0) is 46.8 Å². The molecule has 1 aliphatic carbocycles. The third-order valence-electron chi connectivity index (χ3n) is 3.86. The summed E-state index contributed by atoms with van der Waals surface area (Å²) in [5.41, 5.74) is 6.91. The minimum absolute atomic E-state index is 0.0584. The number of rotatable bonds is 3. The number of phenols is 1. The minimum atomic E-state index is -1.02. The van der Waals surface area contributed by atoms with Crippen molar-refractivity contribution < 1.29 is 15.0 Å². The molecule has 0 heterocycles. The minimum Gasteiger partial charge on any atom is -0.506 e. The molecule has 0 spiro atoms. The van der Waals surface area contributed by atoms with Crippen molar-refractivity contribution in [2.24, 2.45) is 11.7 Å². The van der Waals surface area contributed by atoms with Crippen LogP contribution in [-0.4, -0.2) is 16.2 Å². The van der Waals surface area contributed by atoms with Crippen molar-refractivity contribution in [3.8, 4) is 5.75 Å². The van der Waals surface area contributed by atoms with Crippen molar-refractivity contribution in [2.75, 3.05) is 0 Å². The molecule has 0 amide bonds. The van der Waals surface area contributed by atoms with E-state index in [-0.39, 0.29) is 17.4 Å². The highest BCUT2D eigenvalue weighted by Gasteiger charge is 2.25. The number of nitrogens with two attached hydrogens (primary N) is 1. The van der Waals surface area contributed by atoms with E-state index >= 15 is 0 Å². The van der Waals surface area contributed by atoms with E-state index < -0.39 is 5.97 Å². The fourth-order valence-electron chi connectivity index (χ4n) is 2.75. The predicted octanol–water partition coefficient (Wildman–Crippen LogP) is 3.43. The van der Waals surface area contributed by atoms with Crippen LogP contribution >= 0.6 is 15.9 Å². The Labute approximate surface area is 120 Å². The van der Waals surface area contributed by atoms with Crippen LogP contribution in [0.4, 0.5) is 0 Å². The van der Waals surface area contributed by atoms with Gasteiger partial charge >= 0.3 is 5.97 Å². The molecule has 0 bridgehead atoms. The smallest absolute Gasteiger partial charge is 0.335 e. The van der Waals surface area contributed by atoms with Crippen LogP contribution in [0.5, 0.6) is 5.75 Å². The van der Waals surface area contributed by atoms with Gasteiger partial charge in [0.1, 0.15) is 5.75 Å². The first-order valence-corrected chi connectivity index (χ1v) is 7.31. The van der Waals surface area contributed by atoms with Gasteiger partial charge in [0.25, 0.3) is 0 Å². The third-order valence-corrected chi connectivity index (χ3v) is 4.46. The van der Waals surface area contributed by atoms with Gasteiger partial charge in [0, 0.05) is 11.6 Å². The molecular formula is C14H18BrNO3. The fraction of sp³-hybridized carbons (Fsp3) is 0.500. The van der Waals surface area contributed by atoms with Gasteiger partial charge in [0.15, 0.2) is 0 Å².